The zero-order valence-corrected chi connectivity index (χ0v) is 64.7. The standard InChI is InChI=1S/C95H93NO21/c1-2-3-33-54-105-93-75(80(106-57-66-38-17-6-18-39-66)81(107-58-67-40-19-7-20-41-67)76(111-93)61-103-55-64-34-13-4-14-35-64)60-110-94-79(96-87(97)73-52-31-32-53-74(73)88(96)98)84(108-59-68-42-21-8-22-43-68)82(77(112-94)62-104-56-65-36-15-5-16-37-65)117-95-86(116-92(102)72-50-29-12-30-51-72)85(115-91(101)71-48-27-11-28-49-71)83(114-90(100)70-46-25-10-26-47-70)78(113-95)63-109-89(99)69-44-23-9-24-45-69/h4-32,34-53,75-86,93-95H,2-3,33,54-63H2,1H3/t75?,76?,77?,78?,79?,80-,81+,82-,83+,84-,85+,86?,93+,94-,95+/m1/s1. The highest BCUT2D eigenvalue weighted by atomic mass is 16.8. The largest absolute Gasteiger partial charge is 0.459 e. The van der Waals surface area contributed by atoms with Crippen LogP contribution in [0.25, 0.3) is 0 Å². The van der Waals surface area contributed by atoms with Crippen LogP contribution < -0.4 is 0 Å². The summed E-state index contributed by atoms with van der Waals surface area (Å²) in [7, 11) is 0. The van der Waals surface area contributed by atoms with Crippen molar-refractivity contribution in [2.75, 3.05) is 33.0 Å². The summed E-state index contributed by atoms with van der Waals surface area (Å²) in [5.74, 6) is -6.05. The summed E-state index contributed by atoms with van der Waals surface area (Å²) in [5, 5.41) is 0. The molecule has 0 aliphatic carbocycles. The van der Waals surface area contributed by atoms with Gasteiger partial charge in [-0.1, -0.05) is 256 Å². The maximum absolute atomic E-state index is 15.9. The Hall–Kier alpha value is -11.2. The molecule has 4 aliphatic heterocycles. The van der Waals surface area contributed by atoms with Crippen LogP contribution in [0.4, 0.5) is 0 Å². The van der Waals surface area contributed by atoms with E-state index in [0.29, 0.717) is 12.0 Å². The number of amides is 2. The Balaban J connectivity index is 0.915. The number of esters is 4. The van der Waals surface area contributed by atoms with Crippen molar-refractivity contribution in [1.82, 2.24) is 4.90 Å². The monoisotopic (exact) mass is 1580 g/mol. The Labute approximate surface area is 679 Å². The van der Waals surface area contributed by atoms with Crippen LogP contribution in [0.2, 0.25) is 0 Å². The lowest BCUT2D eigenvalue weighted by molar-refractivity contribution is -0.359. The first-order valence-electron chi connectivity index (χ1n) is 39.5. The second kappa shape index (κ2) is 41.6. The van der Waals surface area contributed by atoms with Crippen LogP contribution in [0.5, 0.6) is 0 Å². The van der Waals surface area contributed by atoms with E-state index in [0.717, 1.165) is 40.0 Å². The summed E-state index contributed by atoms with van der Waals surface area (Å²) in [5.41, 5.74) is 4.53. The first-order chi connectivity index (χ1) is 57.5. The molecule has 15 atom stereocenters. The maximum atomic E-state index is 15.9. The third-order valence-corrected chi connectivity index (χ3v) is 20.7. The molecule has 0 spiro atoms. The van der Waals surface area contributed by atoms with Gasteiger partial charge in [-0.05, 0) is 94.9 Å². The van der Waals surface area contributed by atoms with E-state index in [1.165, 1.54) is 36.4 Å². The molecule has 22 heteroatoms. The molecule has 10 aromatic carbocycles. The van der Waals surface area contributed by atoms with E-state index >= 15 is 19.2 Å². The zero-order chi connectivity index (χ0) is 80.5. The van der Waals surface area contributed by atoms with Crippen molar-refractivity contribution in [2.24, 2.45) is 5.92 Å². The highest BCUT2D eigenvalue weighted by Gasteiger charge is 2.60. The maximum Gasteiger partial charge on any atom is 0.338 e. The lowest BCUT2D eigenvalue weighted by Gasteiger charge is -2.51. The smallest absolute Gasteiger partial charge is 0.338 e. The Morgan fingerprint density at radius 1 is 0.316 bits per heavy atom. The molecule has 0 bridgehead atoms. The van der Waals surface area contributed by atoms with E-state index in [1.54, 1.807) is 109 Å². The second-order valence-corrected chi connectivity index (χ2v) is 28.8. The molecule has 0 N–H and O–H groups in total. The highest BCUT2D eigenvalue weighted by molar-refractivity contribution is 6.21. The number of rotatable bonds is 37. The fourth-order valence-corrected chi connectivity index (χ4v) is 14.7. The van der Waals surface area contributed by atoms with Crippen molar-refractivity contribution in [3.8, 4) is 0 Å². The summed E-state index contributed by atoms with van der Waals surface area (Å²) < 4.78 is 105. The predicted molar refractivity (Wildman–Crippen MR) is 427 cm³/mol. The average molecular weight is 1580 g/mol. The van der Waals surface area contributed by atoms with Crippen molar-refractivity contribution >= 4 is 35.7 Å². The molecule has 604 valence electrons. The van der Waals surface area contributed by atoms with Gasteiger partial charge in [0.05, 0.1) is 98.3 Å². The molecule has 6 unspecified atom stereocenters. The fraction of sp³-hybridized carbons (Fsp3) is 0.305. The van der Waals surface area contributed by atoms with E-state index in [-0.39, 0.29) is 92.8 Å². The summed E-state index contributed by atoms with van der Waals surface area (Å²) in [6, 6.07) is 84.6. The number of nitrogens with zero attached hydrogens (tertiary/aromatic N) is 1. The normalized spacial score (nSPS) is 23.6. The summed E-state index contributed by atoms with van der Waals surface area (Å²) in [4.78, 5) is 92.1. The van der Waals surface area contributed by atoms with Gasteiger partial charge in [-0.2, -0.15) is 0 Å². The summed E-state index contributed by atoms with van der Waals surface area (Å²) >= 11 is 0. The Kier molecular flexibility index (Phi) is 29.2. The molecule has 10 aromatic rings. The SMILES string of the molecule is CCCCCO[C@H]1OC(COCc2ccccc2)[C@H](OCc2ccccc2)[C@H](OCc2ccccc2)C1CO[C@@H]1OC(COCc2ccccc2)[C@@H](O[C@@H]2OC(COC(=O)c3ccccc3)[C@H](OC(=O)c3ccccc3)[C@H](OC(=O)c3ccccc3)C2OC(=O)c2ccccc2)[C@H](OCc2ccccc2)C1N1C(=O)c2ccccc2C1=O. The van der Waals surface area contributed by atoms with Crippen LogP contribution in [-0.2, 0) is 104 Å². The lowest BCUT2D eigenvalue weighted by atomic mass is 9.90. The number of unbranched alkanes of at least 4 members (excludes halogenated alkanes) is 2. The van der Waals surface area contributed by atoms with Gasteiger partial charge in [0.25, 0.3) is 11.8 Å². The first-order valence-corrected chi connectivity index (χ1v) is 39.5. The molecule has 117 heavy (non-hydrogen) atoms. The summed E-state index contributed by atoms with van der Waals surface area (Å²) in [6.07, 6.45) is -16.9. The number of hydrogen-bond donors (Lipinski definition) is 0. The van der Waals surface area contributed by atoms with Gasteiger partial charge in [-0.15, -0.1) is 0 Å². The van der Waals surface area contributed by atoms with Crippen molar-refractivity contribution in [2.45, 2.75) is 145 Å². The van der Waals surface area contributed by atoms with Crippen LogP contribution in [0, 0.1) is 5.92 Å². The molecular formula is C95H93NO21. The predicted octanol–water partition coefficient (Wildman–Crippen LogP) is 14.8. The molecule has 14 rings (SSSR count). The van der Waals surface area contributed by atoms with Crippen molar-refractivity contribution in [3.05, 3.63) is 358 Å². The van der Waals surface area contributed by atoms with Crippen LogP contribution in [0.15, 0.2) is 297 Å². The number of carbonyl (C=O) groups excluding carboxylic acids is 6. The topological polar surface area (TPSA) is 244 Å². The van der Waals surface area contributed by atoms with Crippen molar-refractivity contribution in [3.63, 3.8) is 0 Å². The molecule has 22 nitrogen and oxygen atoms in total. The minimum atomic E-state index is -2.00. The molecule has 3 fully saturated rings. The first kappa shape index (κ1) is 82.3. The Bertz CT molecular complexity index is 4740. The van der Waals surface area contributed by atoms with E-state index in [2.05, 4.69) is 6.92 Å². The van der Waals surface area contributed by atoms with Crippen LogP contribution in [0.3, 0.4) is 0 Å². The van der Waals surface area contributed by atoms with Gasteiger partial charge >= 0.3 is 23.9 Å². The number of imide groups is 1. The van der Waals surface area contributed by atoms with Gasteiger partial charge in [0.1, 0.15) is 49.3 Å². The van der Waals surface area contributed by atoms with Crippen LogP contribution in [-0.4, -0.2) is 160 Å². The number of fused-ring (bicyclic) bond motifs is 1. The molecule has 0 radical (unpaired) electrons. The summed E-state index contributed by atoms with van der Waals surface area (Å²) in [6.45, 7) is 1.30. The average Bonchev–Trinajstić information content (AvgIpc) is 1.67. The van der Waals surface area contributed by atoms with Crippen molar-refractivity contribution in [1.29, 1.82) is 0 Å². The van der Waals surface area contributed by atoms with E-state index < -0.39 is 134 Å². The van der Waals surface area contributed by atoms with Crippen LogP contribution in [0.1, 0.15) is 116 Å². The zero-order valence-electron chi connectivity index (χ0n) is 64.7. The second-order valence-electron chi connectivity index (χ2n) is 28.8. The van der Waals surface area contributed by atoms with Crippen molar-refractivity contribution < 1.29 is 99.8 Å². The third kappa shape index (κ3) is 21.5. The van der Waals surface area contributed by atoms with Gasteiger partial charge in [0, 0.05) is 6.61 Å². The molecule has 4 heterocycles. The molecule has 0 aromatic heterocycles. The number of hydrogen-bond acceptors (Lipinski definition) is 21. The fourth-order valence-electron chi connectivity index (χ4n) is 14.7. The van der Waals surface area contributed by atoms with Gasteiger partial charge < -0.3 is 71.1 Å². The lowest BCUT2D eigenvalue weighted by Crippen LogP contribution is -2.69. The molecule has 4 aliphatic rings. The molecule has 2 amide bonds. The van der Waals surface area contributed by atoms with Gasteiger partial charge in [-0.25, -0.2) is 19.2 Å². The molecule has 3 saturated heterocycles. The third-order valence-electron chi connectivity index (χ3n) is 20.7. The number of carbonyl (C=O) groups is 6. The van der Waals surface area contributed by atoms with E-state index in [9.17, 15) is 9.59 Å². The Morgan fingerprint density at radius 3 is 1.13 bits per heavy atom. The number of ether oxygens (including phenoxy) is 15. The Morgan fingerprint density at radius 2 is 0.675 bits per heavy atom. The van der Waals surface area contributed by atoms with Crippen LogP contribution >= 0.6 is 0 Å². The molecule has 0 saturated carbocycles. The quantitative estimate of drug-likeness (QED) is 0.0152. The van der Waals surface area contributed by atoms with E-state index in [4.69, 9.17) is 71.1 Å². The van der Waals surface area contributed by atoms with Gasteiger partial charge in [0.15, 0.2) is 37.2 Å². The molecular weight excluding hydrogens is 1490 g/mol. The number of benzene rings is 10. The van der Waals surface area contributed by atoms with Gasteiger partial charge in [0.2, 0.25) is 0 Å². The minimum absolute atomic E-state index is 0.00584. The van der Waals surface area contributed by atoms with Gasteiger partial charge in [-0.3, -0.25) is 14.5 Å². The highest BCUT2D eigenvalue weighted by Crippen LogP contribution is 2.42. The van der Waals surface area contributed by atoms with E-state index in [1.807, 2.05) is 152 Å². The minimum Gasteiger partial charge on any atom is -0.459 e.